The minimum absolute atomic E-state index is 0.476. The second-order valence-corrected chi connectivity index (χ2v) is 6.83. The highest BCUT2D eigenvalue weighted by molar-refractivity contribution is 6.09. The number of fused-ring (bicyclic) bond motifs is 2. The van der Waals surface area contributed by atoms with Crippen molar-refractivity contribution in [3.05, 3.63) is 81.5 Å². The fraction of sp³-hybridized carbons (Fsp3) is 0.0952. The van der Waals surface area contributed by atoms with Gasteiger partial charge in [0.05, 0.1) is 16.7 Å². The first-order chi connectivity index (χ1) is 14.6. The first kappa shape index (κ1) is 18.9. The molecule has 0 saturated heterocycles. The van der Waals surface area contributed by atoms with Crippen LogP contribution < -0.4 is 10.2 Å². The van der Waals surface area contributed by atoms with Gasteiger partial charge >= 0.3 is 0 Å². The van der Waals surface area contributed by atoms with E-state index < -0.39 is 0 Å². The molecule has 9 nitrogen and oxygen atoms in total. The molecule has 0 fully saturated rings. The summed E-state index contributed by atoms with van der Waals surface area (Å²) in [6.45, 7) is 0. The summed E-state index contributed by atoms with van der Waals surface area (Å²) in [5, 5.41) is 12.6. The van der Waals surface area contributed by atoms with Crippen molar-refractivity contribution < 1.29 is 0 Å². The number of nitrogens with one attached hydrogen (secondary N) is 1. The Morgan fingerprint density at radius 2 is 1.33 bits per heavy atom. The monoisotopic (exact) mass is 395 g/mol. The van der Waals surface area contributed by atoms with E-state index in [0.717, 1.165) is 27.8 Å². The van der Waals surface area contributed by atoms with Gasteiger partial charge < -0.3 is 10.2 Å². The standard InChI is InChI=1S/C21H17N9/c1-30(2)16-7-3-13(4-8-16)24-21-17-9-5-14(26-28-22)11-19(17)25-20-12-15(27-29-23)6-10-18(20)21/h3-12H,1-2H3,(H,24,25). The first-order valence-corrected chi connectivity index (χ1v) is 9.11. The molecule has 0 spiro atoms. The van der Waals surface area contributed by atoms with Crippen LogP contribution in [0.4, 0.5) is 28.4 Å². The molecule has 0 aliphatic rings. The zero-order valence-corrected chi connectivity index (χ0v) is 16.4. The molecule has 1 N–H and O–H groups in total. The maximum Gasteiger partial charge on any atom is 0.0735 e. The number of rotatable bonds is 5. The van der Waals surface area contributed by atoms with Crippen LogP contribution in [-0.4, -0.2) is 19.1 Å². The van der Waals surface area contributed by atoms with E-state index in [9.17, 15) is 0 Å². The van der Waals surface area contributed by atoms with Crippen LogP contribution in [0.2, 0.25) is 0 Å². The highest BCUT2D eigenvalue weighted by Crippen LogP contribution is 2.36. The van der Waals surface area contributed by atoms with Gasteiger partial charge in [0.1, 0.15) is 0 Å². The lowest BCUT2D eigenvalue weighted by molar-refractivity contribution is 1.13. The summed E-state index contributed by atoms with van der Waals surface area (Å²) in [4.78, 5) is 12.4. The third kappa shape index (κ3) is 3.62. The van der Waals surface area contributed by atoms with Crippen LogP contribution in [0.15, 0.2) is 70.9 Å². The van der Waals surface area contributed by atoms with Crippen LogP contribution in [0.1, 0.15) is 0 Å². The van der Waals surface area contributed by atoms with Gasteiger partial charge in [-0.25, -0.2) is 4.98 Å². The molecule has 0 amide bonds. The minimum atomic E-state index is 0.476. The minimum Gasteiger partial charge on any atom is -0.378 e. The number of hydrogen-bond acceptors (Lipinski definition) is 5. The molecule has 0 unspecified atom stereocenters. The Bertz CT molecular complexity index is 1270. The number of benzene rings is 3. The first-order valence-electron chi connectivity index (χ1n) is 9.11. The van der Waals surface area contributed by atoms with Crippen molar-refractivity contribution in [2.75, 3.05) is 24.3 Å². The van der Waals surface area contributed by atoms with Crippen LogP contribution >= 0.6 is 0 Å². The molecule has 3 aromatic carbocycles. The number of anilines is 3. The predicted octanol–water partition coefficient (Wildman–Crippen LogP) is 7.08. The van der Waals surface area contributed by atoms with Gasteiger partial charge in [-0.05, 0) is 47.5 Å². The van der Waals surface area contributed by atoms with E-state index in [1.807, 2.05) is 55.4 Å². The second kappa shape index (κ2) is 7.89. The van der Waals surface area contributed by atoms with Crippen molar-refractivity contribution in [2.24, 2.45) is 10.2 Å². The molecule has 0 saturated carbocycles. The highest BCUT2D eigenvalue weighted by Gasteiger charge is 2.11. The van der Waals surface area contributed by atoms with Gasteiger partial charge in [0.2, 0.25) is 0 Å². The molecule has 0 bridgehead atoms. The van der Waals surface area contributed by atoms with E-state index in [-0.39, 0.29) is 0 Å². The molecule has 0 aliphatic carbocycles. The number of pyridine rings is 1. The predicted molar refractivity (Wildman–Crippen MR) is 121 cm³/mol. The van der Waals surface area contributed by atoms with Gasteiger partial charge in [0.25, 0.3) is 0 Å². The zero-order chi connectivity index (χ0) is 21.1. The number of azide groups is 2. The van der Waals surface area contributed by atoms with Crippen molar-refractivity contribution in [3.63, 3.8) is 0 Å². The molecule has 0 radical (unpaired) electrons. The second-order valence-electron chi connectivity index (χ2n) is 6.83. The third-order valence-electron chi connectivity index (χ3n) is 4.72. The maximum atomic E-state index is 8.75. The summed E-state index contributed by atoms with van der Waals surface area (Å²) >= 11 is 0. The topological polar surface area (TPSA) is 126 Å². The zero-order valence-electron chi connectivity index (χ0n) is 16.4. The summed E-state index contributed by atoms with van der Waals surface area (Å²) in [6.07, 6.45) is 0. The number of aromatic nitrogens is 1. The van der Waals surface area contributed by atoms with E-state index in [0.29, 0.717) is 22.4 Å². The Hall–Kier alpha value is -4.45. The Balaban J connectivity index is 1.93. The van der Waals surface area contributed by atoms with Gasteiger partial charge in [0, 0.05) is 57.4 Å². The van der Waals surface area contributed by atoms with Crippen LogP contribution in [0.5, 0.6) is 0 Å². The van der Waals surface area contributed by atoms with Crippen molar-refractivity contribution in [2.45, 2.75) is 0 Å². The fourth-order valence-electron chi connectivity index (χ4n) is 3.27. The molecule has 1 heterocycles. The van der Waals surface area contributed by atoms with Crippen LogP contribution in [0.25, 0.3) is 42.7 Å². The molecule has 0 aliphatic heterocycles. The number of nitrogens with zero attached hydrogens (tertiary/aromatic N) is 8. The molecule has 1 aromatic heterocycles. The van der Waals surface area contributed by atoms with Crippen molar-refractivity contribution in [1.82, 2.24) is 4.98 Å². The average molecular weight is 395 g/mol. The molecular formula is C21H17N9. The quantitative estimate of drug-likeness (QED) is 0.168. The van der Waals surface area contributed by atoms with Crippen molar-refractivity contribution >= 4 is 50.2 Å². The Morgan fingerprint density at radius 3 is 1.80 bits per heavy atom. The van der Waals surface area contributed by atoms with Crippen molar-refractivity contribution in [1.29, 1.82) is 0 Å². The molecule has 146 valence electrons. The highest BCUT2D eigenvalue weighted by atomic mass is 15.1. The lowest BCUT2D eigenvalue weighted by Gasteiger charge is -2.16. The van der Waals surface area contributed by atoms with E-state index >= 15 is 0 Å². The molecular weight excluding hydrogens is 378 g/mol. The van der Waals surface area contributed by atoms with Crippen molar-refractivity contribution in [3.8, 4) is 0 Å². The maximum absolute atomic E-state index is 8.75. The van der Waals surface area contributed by atoms with Gasteiger partial charge in [0.15, 0.2) is 0 Å². The van der Waals surface area contributed by atoms with E-state index in [1.54, 1.807) is 24.3 Å². The van der Waals surface area contributed by atoms with Crippen LogP contribution in [-0.2, 0) is 0 Å². The van der Waals surface area contributed by atoms with Gasteiger partial charge in [-0.15, -0.1) is 0 Å². The van der Waals surface area contributed by atoms with E-state index in [1.165, 1.54) is 0 Å². The fourth-order valence-corrected chi connectivity index (χ4v) is 3.27. The van der Waals surface area contributed by atoms with Gasteiger partial charge in [-0.1, -0.05) is 34.5 Å². The molecule has 30 heavy (non-hydrogen) atoms. The summed E-state index contributed by atoms with van der Waals surface area (Å²) in [5.41, 5.74) is 22.7. The Morgan fingerprint density at radius 1 is 0.800 bits per heavy atom. The largest absolute Gasteiger partial charge is 0.378 e. The molecule has 4 rings (SSSR count). The lowest BCUT2D eigenvalue weighted by atomic mass is 10.1. The molecule has 0 atom stereocenters. The molecule has 9 heteroatoms. The smallest absolute Gasteiger partial charge is 0.0735 e. The summed E-state index contributed by atoms with van der Waals surface area (Å²) in [6, 6.07) is 18.8. The lowest BCUT2D eigenvalue weighted by Crippen LogP contribution is -2.08. The average Bonchev–Trinajstić information content (AvgIpc) is 2.74. The summed E-state index contributed by atoms with van der Waals surface area (Å²) in [5.74, 6) is 0. The third-order valence-corrected chi connectivity index (χ3v) is 4.72. The summed E-state index contributed by atoms with van der Waals surface area (Å²) in [7, 11) is 3.99. The van der Waals surface area contributed by atoms with Crippen LogP contribution in [0, 0.1) is 0 Å². The van der Waals surface area contributed by atoms with Gasteiger partial charge in [-0.3, -0.25) is 0 Å². The normalized spacial score (nSPS) is 10.3. The molecule has 4 aromatic rings. The number of hydrogen-bond donors (Lipinski definition) is 1. The van der Waals surface area contributed by atoms with Crippen LogP contribution in [0.3, 0.4) is 0 Å². The Labute approximate surface area is 171 Å². The SMILES string of the molecule is CN(C)c1ccc(Nc2c3ccc(N=[N+]=[N-])cc3nc3cc(N=[N+]=[N-])ccc23)cc1. The van der Waals surface area contributed by atoms with E-state index in [4.69, 9.17) is 11.1 Å². The van der Waals surface area contributed by atoms with Gasteiger partial charge in [-0.2, -0.15) is 0 Å². The summed E-state index contributed by atoms with van der Waals surface area (Å²) < 4.78 is 0. The van der Waals surface area contributed by atoms with E-state index in [2.05, 4.69) is 30.4 Å². The Kier molecular flexibility index (Phi) is 4.97.